The van der Waals surface area contributed by atoms with E-state index in [1.807, 2.05) is 0 Å². The average molecular weight is 352 g/mol. The number of nitrogens with one attached hydrogen (secondary N) is 2. The van der Waals surface area contributed by atoms with Crippen molar-refractivity contribution in [2.24, 2.45) is 11.8 Å². The number of ether oxygens (including phenoxy) is 4. The molecule has 0 heterocycles. The summed E-state index contributed by atoms with van der Waals surface area (Å²) in [5.41, 5.74) is 0.518. The SMILES string of the molecule is COCCNC(=O)C1CC1C(=O)Nc1cc(OC)c(OC)c(OC)c1. The molecule has 1 saturated carbocycles. The molecule has 2 unspecified atom stereocenters. The fraction of sp³-hybridized carbons (Fsp3) is 0.529. The van der Waals surface area contributed by atoms with E-state index in [1.165, 1.54) is 21.3 Å². The molecule has 8 nitrogen and oxygen atoms in total. The van der Waals surface area contributed by atoms with E-state index in [0.717, 1.165) is 0 Å². The first-order valence-electron chi connectivity index (χ1n) is 7.93. The highest BCUT2D eigenvalue weighted by Crippen LogP contribution is 2.42. The fourth-order valence-corrected chi connectivity index (χ4v) is 2.57. The molecule has 0 saturated heterocycles. The molecule has 1 aliphatic rings. The average Bonchev–Trinajstić information content (AvgIpc) is 3.41. The monoisotopic (exact) mass is 352 g/mol. The van der Waals surface area contributed by atoms with E-state index in [1.54, 1.807) is 19.2 Å². The highest BCUT2D eigenvalue weighted by molar-refractivity contribution is 5.99. The third kappa shape index (κ3) is 4.54. The second kappa shape index (κ2) is 8.57. The van der Waals surface area contributed by atoms with Crippen LogP contribution in [0.5, 0.6) is 17.2 Å². The molecule has 2 N–H and O–H groups in total. The fourth-order valence-electron chi connectivity index (χ4n) is 2.57. The maximum atomic E-state index is 12.3. The lowest BCUT2D eigenvalue weighted by Crippen LogP contribution is -2.30. The molecule has 2 rings (SSSR count). The van der Waals surface area contributed by atoms with Gasteiger partial charge in [0.15, 0.2) is 11.5 Å². The van der Waals surface area contributed by atoms with Crippen molar-refractivity contribution in [1.29, 1.82) is 0 Å². The van der Waals surface area contributed by atoms with E-state index in [0.29, 0.717) is 42.5 Å². The van der Waals surface area contributed by atoms with E-state index >= 15 is 0 Å². The molecule has 2 atom stereocenters. The van der Waals surface area contributed by atoms with Crippen LogP contribution in [0.4, 0.5) is 5.69 Å². The Morgan fingerprint density at radius 2 is 1.60 bits per heavy atom. The van der Waals surface area contributed by atoms with Gasteiger partial charge in [-0.3, -0.25) is 9.59 Å². The Morgan fingerprint density at radius 1 is 1.00 bits per heavy atom. The molecule has 0 spiro atoms. The third-order valence-corrected chi connectivity index (χ3v) is 4.00. The Hall–Kier alpha value is -2.48. The van der Waals surface area contributed by atoms with Crippen LogP contribution >= 0.6 is 0 Å². The number of rotatable bonds is 9. The Morgan fingerprint density at radius 3 is 2.12 bits per heavy atom. The van der Waals surface area contributed by atoms with E-state index < -0.39 is 0 Å². The summed E-state index contributed by atoms with van der Waals surface area (Å²) >= 11 is 0. The van der Waals surface area contributed by atoms with Gasteiger partial charge in [-0.25, -0.2) is 0 Å². The molecule has 138 valence electrons. The highest BCUT2D eigenvalue weighted by Gasteiger charge is 2.47. The van der Waals surface area contributed by atoms with Gasteiger partial charge in [-0.05, 0) is 6.42 Å². The number of hydrogen-bond acceptors (Lipinski definition) is 6. The number of anilines is 1. The van der Waals surface area contributed by atoms with Crippen LogP contribution in [0.3, 0.4) is 0 Å². The van der Waals surface area contributed by atoms with Gasteiger partial charge in [-0.15, -0.1) is 0 Å². The lowest BCUT2D eigenvalue weighted by atomic mass is 10.2. The maximum Gasteiger partial charge on any atom is 0.228 e. The van der Waals surface area contributed by atoms with Crippen LogP contribution in [0.15, 0.2) is 12.1 Å². The molecule has 1 fully saturated rings. The van der Waals surface area contributed by atoms with Crippen molar-refractivity contribution in [2.45, 2.75) is 6.42 Å². The van der Waals surface area contributed by atoms with Gasteiger partial charge < -0.3 is 29.6 Å². The largest absolute Gasteiger partial charge is 0.493 e. The summed E-state index contributed by atoms with van der Waals surface area (Å²) in [4.78, 5) is 24.3. The van der Waals surface area contributed by atoms with Crippen LogP contribution in [0.2, 0.25) is 0 Å². The number of amides is 2. The Bertz CT molecular complexity index is 609. The molecule has 1 aromatic carbocycles. The van der Waals surface area contributed by atoms with E-state index in [4.69, 9.17) is 18.9 Å². The Balaban J connectivity index is 1.99. The van der Waals surface area contributed by atoms with Crippen LogP contribution in [0, 0.1) is 11.8 Å². The maximum absolute atomic E-state index is 12.3. The molecule has 1 aromatic rings. The number of benzene rings is 1. The lowest BCUT2D eigenvalue weighted by molar-refractivity contribution is -0.125. The molecule has 25 heavy (non-hydrogen) atoms. The van der Waals surface area contributed by atoms with E-state index in [-0.39, 0.29) is 23.7 Å². The molecule has 0 radical (unpaired) electrons. The Kier molecular flexibility index (Phi) is 6.46. The molecule has 1 aliphatic carbocycles. The minimum atomic E-state index is -0.332. The zero-order valence-electron chi connectivity index (χ0n) is 14.9. The minimum Gasteiger partial charge on any atom is -0.493 e. The van der Waals surface area contributed by atoms with Crippen LogP contribution in [-0.2, 0) is 14.3 Å². The number of carbonyl (C=O) groups is 2. The second-order valence-corrected chi connectivity index (χ2v) is 5.64. The summed E-state index contributed by atoms with van der Waals surface area (Å²) in [6.45, 7) is 0.883. The van der Waals surface area contributed by atoms with Gasteiger partial charge in [-0.1, -0.05) is 0 Å². The first-order valence-corrected chi connectivity index (χ1v) is 7.93. The molecule has 0 bridgehead atoms. The predicted molar refractivity (Wildman–Crippen MR) is 91.2 cm³/mol. The molecular weight excluding hydrogens is 328 g/mol. The summed E-state index contributed by atoms with van der Waals surface area (Å²) in [6, 6.07) is 3.30. The van der Waals surface area contributed by atoms with E-state index in [9.17, 15) is 9.59 Å². The summed E-state index contributed by atoms with van der Waals surface area (Å²) in [7, 11) is 6.08. The summed E-state index contributed by atoms with van der Waals surface area (Å²) in [6.07, 6.45) is 0.537. The molecule has 0 aromatic heterocycles. The van der Waals surface area contributed by atoms with Crippen molar-refractivity contribution in [3.63, 3.8) is 0 Å². The van der Waals surface area contributed by atoms with Crippen LogP contribution in [-0.4, -0.2) is 53.4 Å². The highest BCUT2D eigenvalue weighted by atomic mass is 16.5. The van der Waals surface area contributed by atoms with Gasteiger partial charge in [0.1, 0.15) is 0 Å². The summed E-state index contributed by atoms with van der Waals surface area (Å²) in [5, 5.41) is 5.54. The quantitative estimate of drug-likeness (QED) is 0.645. The van der Waals surface area contributed by atoms with Crippen LogP contribution in [0.25, 0.3) is 0 Å². The predicted octanol–water partition coefficient (Wildman–Crippen LogP) is 1.05. The zero-order chi connectivity index (χ0) is 18.4. The first kappa shape index (κ1) is 18.9. The number of methoxy groups -OCH3 is 4. The van der Waals surface area contributed by atoms with Crippen LogP contribution < -0.4 is 24.8 Å². The smallest absolute Gasteiger partial charge is 0.228 e. The Labute approximate surface area is 146 Å². The summed E-state index contributed by atoms with van der Waals surface area (Å²) in [5.74, 6) is 0.386. The standard InChI is InChI=1S/C17H24N2O6/c1-22-6-5-18-16(20)11-9-12(11)17(21)19-10-7-13(23-2)15(25-4)14(8-10)24-3/h7-8,11-12H,5-6,9H2,1-4H3,(H,18,20)(H,19,21). The molecule has 2 amide bonds. The normalized spacial score (nSPS) is 18.2. The topological polar surface area (TPSA) is 95.1 Å². The zero-order valence-corrected chi connectivity index (χ0v) is 14.9. The van der Waals surface area contributed by atoms with Crippen molar-refractivity contribution < 1.29 is 28.5 Å². The van der Waals surface area contributed by atoms with Crippen molar-refractivity contribution >= 4 is 17.5 Å². The number of hydrogen-bond donors (Lipinski definition) is 2. The second-order valence-electron chi connectivity index (χ2n) is 5.64. The third-order valence-electron chi connectivity index (χ3n) is 4.00. The molecule has 0 aliphatic heterocycles. The van der Waals surface area contributed by atoms with Crippen molar-refractivity contribution in [1.82, 2.24) is 5.32 Å². The summed E-state index contributed by atoms with van der Waals surface area (Å²) < 4.78 is 20.6. The number of carbonyl (C=O) groups excluding carboxylic acids is 2. The van der Waals surface area contributed by atoms with Gasteiger partial charge in [0, 0.05) is 31.5 Å². The van der Waals surface area contributed by atoms with Crippen molar-refractivity contribution in [3.05, 3.63) is 12.1 Å². The van der Waals surface area contributed by atoms with Gasteiger partial charge >= 0.3 is 0 Å². The molecule has 8 heteroatoms. The van der Waals surface area contributed by atoms with Gasteiger partial charge in [0.05, 0.1) is 39.8 Å². The van der Waals surface area contributed by atoms with Crippen molar-refractivity contribution in [3.8, 4) is 17.2 Å². The van der Waals surface area contributed by atoms with Crippen LogP contribution in [0.1, 0.15) is 6.42 Å². The van der Waals surface area contributed by atoms with Gasteiger partial charge in [0.25, 0.3) is 0 Å². The van der Waals surface area contributed by atoms with Gasteiger partial charge in [0.2, 0.25) is 17.6 Å². The van der Waals surface area contributed by atoms with E-state index in [2.05, 4.69) is 10.6 Å². The lowest BCUT2D eigenvalue weighted by Gasteiger charge is -2.14. The van der Waals surface area contributed by atoms with Gasteiger partial charge in [-0.2, -0.15) is 0 Å². The minimum absolute atomic E-state index is 0.123. The first-order chi connectivity index (χ1) is 12.0. The van der Waals surface area contributed by atoms with Crippen molar-refractivity contribution in [2.75, 3.05) is 46.9 Å². The molecular formula is C17H24N2O6.